The lowest BCUT2D eigenvalue weighted by Gasteiger charge is -2.26. The normalized spacial score (nSPS) is 16.9. The third-order valence-electron chi connectivity index (χ3n) is 4.08. The number of carboxylic acid groups (broad SMARTS) is 1. The molecule has 0 spiro atoms. The molecule has 0 amide bonds. The van der Waals surface area contributed by atoms with Crippen molar-refractivity contribution >= 4 is 17.7 Å². The highest BCUT2D eigenvalue weighted by atomic mass is 32.2. The molecule has 0 bridgehead atoms. The maximum Gasteiger partial charge on any atom is 0.314 e. The summed E-state index contributed by atoms with van der Waals surface area (Å²) < 4.78 is 10.7. The third-order valence-corrected chi connectivity index (χ3v) is 4.83. The van der Waals surface area contributed by atoms with Crippen LogP contribution in [0.4, 0.5) is 0 Å². The van der Waals surface area contributed by atoms with Crippen molar-refractivity contribution in [2.24, 2.45) is 0 Å². The molecule has 1 fully saturated rings. The summed E-state index contributed by atoms with van der Waals surface area (Å²) >= 11 is 1.53. The van der Waals surface area contributed by atoms with Gasteiger partial charge in [0.2, 0.25) is 0 Å². The predicted octanol–water partition coefficient (Wildman–Crippen LogP) is 3.32. The Morgan fingerprint density at radius 3 is 2.35 bits per heavy atom. The second-order valence-electron chi connectivity index (χ2n) is 5.01. The van der Waals surface area contributed by atoms with Crippen molar-refractivity contribution in [1.29, 1.82) is 0 Å². The van der Waals surface area contributed by atoms with E-state index in [0.29, 0.717) is 24.3 Å². The van der Waals surface area contributed by atoms with E-state index in [9.17, 15) is 9.90 Å². The van der Waals surface area contributed by atoms with Crippen LogP contribution in [0, 0.1) is 0 Å². The molecule has 4 nitrogen and oxygen atoms in total. The van der Waals surface area contributed by atoms with Crippen LogP contribution in [-0.4, -0.2) is 31.6 Å². The van der Waals surface area contributed by atoms with Gasteiger partial charge in [0, 0.05) is 0 Å². The molecule has 1 saturated carbocycles. The summed E-state index contributed by atoms with van der Waals surface area (Å²) in [6, 6.07) is 3.75. The minimum atomic E-state index is -0.774. The van der Waals surface area contributed by atoms with Gasteiger partial charge < -0.3 is 14.6 Å². The number of carbonyl (C=O) groups is 1. The van der Waals surface area contributed by atoms with E-state index in [2.05, 4.69) is 0 Å². The molecule has 0 saturated heterocycles. The smallest absolute Gasteiger partial charge is 0.314 e. The molecule has 0 unspecified atom stereocenters. The SMILES string of the molecule is COc1cc(C2(C(=O)O)CCCC2)cc(SC)c1OC. The second kappa shape index (κ2) is 5.95. The van der Waals surface area contributed by atoms with E-state index in [0.717, 1.165) is 23.3 Å². The lowest BCUT2D eigenvalue weighted by molar-refractivity contribution is -0.143. The lowest BCUT2D eigenvalue weighted by atomic mass is 9.79. The first kappa shape index (κ1) is 15.0. The summed E-state index contributed by atoms with van der Waals surface area (Å²) in [5.74, 6) is 0.526. The molecule has 0 heterocycles. The van der Waals surface area contributed by atoms with Gasteiger partial charge >= 0.3 is 5.97 Å². The van der Waals surface area contributed by atoms with Crippen molar-refractivity contribution < 1.29 is 19.4 Å². The number of aliphatic carboxylic acids is 1. The van der Waals surface area contributed by atoms with Gasteiger partial charge in [-0.2, -0.15) is 0 Å². The van der Waals surface area contributed by atoms with E-state index >= 15 is 0 Å². The zero-order valence-corrected chi connectivity index (χ0v) is 12.9. The summed E-state index contributed by atoms with van der Waals surface area (Å²) in [5.41, 5.74) is 0.0498. The number of thioether (sulfide) groups is 1. The third kappa shape index (κ3) is 2.35. The van der Waals surface area contributed by atoms with Crippen molar-refractivity contribution in [2.45, 2.75) is 36.0 Å². The fraction of sp³-hybridized carbons (Fsp3) is 0.533. The zero-order valence-electron chi connectivity index (χ0n) is 12.1. The van der Waals surface area contributed by atoms with Gasteiger partial charge in [-0.15, -0.1) is 11.8 Å². The minimum absolute atomic E-state index is 0.599. The monoisotopic (exact) mass is 296 g/mol. The summed E-state index contributed by atoms with van der Waals surface area (Å²) in [4.78, 5) is 12.7. The number of ether oxygens (including phenoxy) is 2. The van der Waals surface area contributed by atoms with Crippen LogP contribution in [0.1, 0.15) is 31.2 Å². The Kier molecular flexibility index (Phi) is 4.48. The Morgan fingerprint density at radius 1 is 1.25 bits per heavy atom. The van der Waals surface area contributed by atoms with Crippen molar-refractivity contribution in [3.63, 3.8) is 0 Å². The van der Waals surface area contributed by atoms with Gasteiger partial charge in [-0.05, 0) is 36.8 Å². The molecule has 1 aliphatic carbocycles. The van der Waals surface area contributed by atoms with E-state index in [4.69, 9.17) is 9.47 Å². The summed E-state index contributed by atoms with van der Waals surface area (Å²) in [6.45, 7) is 0. The highest BCUT2D eigenvalue weighted by Crippen LogP contribution is 2.46. The van der Waals surface area contributed by atoms with E-state index in [1.54, 1.807) is 14.2 Å². The van der Waals surface area contributed by atoms with Crippen LogP contribution in [0.3, 0.4) is 0 Å². The number of hydrogen-bond acceptors (Lipinski definition) is 4. The summed E-state index contributed by atoms with van der Waals surface area (Å²) in [5, 5.41) is 9.69. The van der Waals surface area contributed by atoms with Crippen LogP contribution in [0.15, 0.2) is 17.0 Å². The Balaban J connectivity index is 2.59. The molecule has 0 radical (unpaired) electrons. The number of carboxylic acids is 1. The number of methoxy groups -OCH3 is 2. The van der Waals surface area contributed by atoms with Gasteiger partial charge in [0.15, 0.2) is 11.5 Å². The summed E-state index contributed by atoms with van der Waals surface area (Å²) in [7, 11) is 3.17. The predicted molar refractivity (Wildman–Crippen MR) is 79.1 cm³/mol. The van der Waals surface area contributed by atoms with Crippen molar-refractivity contribution in [2.75, 3.05) is 20.5 Å². The molecule has 0 aromatic heterocycles. The molecule has 1 aromatic rings. The lowest BCUT2D eigenvalue weighted by Crippen LogP contribution is -2.32. The molecule has 0 atom stereocenters. The molecule has 1 N–H and O–H groups in total. The average molecular weight is 296 g/mol. The highest BCUT2D eigenvalue weighted by Gasteiger charge is 2.43. The van der Waals surface area contributed by atoms with E-state index in [1.165, 1.54) is 11.8 Å². The van der Waals surface area contributed by atoms with Gasteiger partial charge in [-0.25, -0.2) is 0 Å². The van der Waals surface area contributed by atoms with Gasteiger partial charge in [-0.3, -0.25) is 4.79 Å². The van der Waals surface area contributed by atoms with Crippen molar-refractivity contribution in [1.82, 2.24) is 0 Å². The van der Waals surface area contributed by atoms with Gasteiger partial charge in [0.25, 0.3) is 0 Å². The maximum absolute atomic E-state index is 11.8. The van der Waals surface area contributed by atoms with E-state index < -0.39 is 11.4 Å². The minimum Gasteiger partial charge on any atom is -0.493 e. The number of benzene rings is 1. The molecule has 5 heteroatoms. The van der Waals surface area contributed by atoms with Gasteiger partial charge in [-0.1, -0.05) is 12.8 Å². The largest absolute Gasteiger partial charge is 0.493 e. The Bertz CT molecular complexity index is 482. The molecule has 110 valence electrons. The molecule has 2 rings (SSSR count). The average Bonchev–Trinajstić information content (AvgIpc) is 2.96. The quantitative estimate of drug-likeness (QED) is 0.845. The van der Waals surface area contributed by atoms with Crippen LogP contribution in [0.25, 0.3) is 0 Å². The molecular formula is C15H20O4S. The second-order valence-corrected chi connectivity index (χ2v) is 5.86. The van der Waals surface area contributed by atoms with Crippen LogP contribution < -0.4 is 9.47 Å². The summed E-state index contributed by atoms with van der Waals surface area (Å²) in [6.07, 6.45) is 5.23. The topological polar surface area (TPSA) is 55.8 Å². The maximum atomic E-state index is 11.8. The zero-order chi connectivity index (χ0) is 14.8. The van der Waals surface area contributed by atoms with E-state index in [-0.39, 0.29) is 0 Å². The molecule has 20 heavy (non-hydrogen) atoms. The highest BCUT2D eigenvalue weighted by molar-refractivity contribution is 7.98. The van der Waals surface area contributed by atoms with Crippen molar-refractivity contribution in [3.8, 4) is 11.5 Å². The van der Waals surface area contributed by atoms with Crippen LogP contribution in [-0.2, 0) is 10.2 Å². The fourth-order valence-corrected chi connectivity index (χ4v) is 3.58. The molecule has 1 aliphatic rings. The Hall–Kier alpha value is -1.36. The van der Waals surface area contributed by atoms with E-state index in [1.807, 2.05) is 18.4 Å². The first-order valence-electron chi connectivity index (χ1n) is 6.63. The van der Waals surface area contributed by atoms with Crippen LogP contribution in [0.5, 0.6) is 11.5 Å². The first-order chi connectivity index (χ1) is 9.58. The standard InChI is InChI=1S/C15H20O4S/c1-18-11-8-10(9-12(20-3)13(11)19-2)15(14(16)17)6-4-5-7-15/h8-9H,4-7H2,1-3H3,(H,16,17). The van der Waals surface area contributed by atoms with Gasteiger partial charge in [0.1, 0.15) is 0 Å². The number of rotatable bonds is 5. The van der Waals surface area contributed by atoms with Crippen LogP contribution >= 0.6 is 11.8 Å². The van der Waals surface area contributed by atoms with Gasteiger partial charge in [0.05, 0.1) is 24.5 Å². The molecular weight excluding hydrogens is 276 g/mol. The Labute approximate surface area is 123 Å². The molecule has 0 aliphatic heterocycles. The van der Waals surface area contributed by atoms with Crippen molar-refractivity contribution in [3.05, 3.63) is 17.7 Å². The Morgan fingerprint density at radius 2 is 1.90 bits per heavy atom. The number of hydrogen-bond donors (Lipinski definition) is 1. The fourth-order valence-electron chi connectivity index (χ4n) is 2.96. The molecule has 1 aromatic carbocycles. The van der Waals surface area contributed by atoms with Crippen LogP contribution in [0.2, 0.25) is 0 Å². The first-order valence-corrected chi connectivity index (χ1v) is 7.85.